The van der Waals surface area contributed by atoms with E-state index in [9.17, 15) is 4.79 Å². The SMILES string of the molecule is CC(C(N)=O)N(C)C(C)(C)C. The summed E-state index contributed by atoms with van der Waals surface area (Å²) in [5, 5.41) is 0. The van der Waals surface area contributed by atoms with Gasteiger partial charge in [-0.3, -0.25) is 9.69 Å². The van der Waals surface area contributed by atoms with Crippen molar-refractivity contribution in [2.45, 2.75) is 39.3 Å². The number of primary amides is 1. The van der Waals surface area contributed by atoms with Crippen LogP contribution in [0.3, 0.4) is 0 Å². The Morgan fingerprint density at radius 2 is 1.82 bits per heavy atom. The van der Waals surface area contributed by atoms with Crippen molar-refractivity contribution in [2.24, 2.45) is 5.73 Å². The lowest BCUT2D eigenvalue weighted by Gasteiger charge is -2.35. The van der Waals surface area contributed by atoms with E-state index in [1.165, 1.54) is 0 Å². The van der Waals surface area contributed by atoms with Gasteiger partial charge in [-0.2, -0.15) is 0 Å². The minimum Gasteiger partial charge on any atom is -0.368 e. The standard InChI is InChI=1S/C8H18N2O/c1-6(7(9)11)10(5)8(2,3)4/h6H,1-5H3,(H2,9,11). The van der Waals surface area contributed by atoms with Crippen molar-refractivity contribution in [1.82, 2.24) is 4.90 Å². The van der Waals surface area contributed by atoms with Crippen LogP contribution in [0, 0.1) is 0 Å². The summed E-state index contributed by atoms with van der Waals surface area (Å²) in [5.74, 6) is -0.276. The van der Waals surface area contributed by atoms with Crippen LogP contribution in [0.1, 0.15) is 27.7 Å². The van der Waals surface area contributed by atoms with Gasteiger partial charge in [0.1, 0.15) is 0 Å². The van der Waals surface area contributed by atoms with E-state index in [4.69, 9.17) is 5.73 Å². The van der Waals surface area contributed by atoms with Gasteiger partial charge in [-0.15, -0.1) is 0 Å². The molecule has 2 N–H and O–H groups in total. The minimum atomic E-state index is -0.276. The predicted molar refractivity (Wildman–Crippen MR) is 46.2 cm³/mol. The molecule has 0 spiro atoms. The Balaban J connectivity index is 4.25. The summed E-state index contributed by atoms with van der Waals surface area (Å²) in [6.07, 6.45) is 0. The zero-order chi connectivity index (χ0) is 9.23. The van der Waals surface area contributed by atoms with Crippen molar-refractivity contribution in [1.29, 1.82) is 0 Å². The van der Waals surface area contributed by atoms with Gasteiger partial charge in [0.15, 0.2) is 0 Å². The second-order valence-corrected chi connectivity index (χ2v) is 3.86. The number of nitrogens with two attached hydrogens (primary N) is 1. The van der Waals surface area contributed by atoms with Gasteiger partial charge in [0.25, 0.3) is 0 Å². The lowest BCUT2D eigenvalue weighted by atomic mass is 10.0. The quantitative estimate of drug-likeness (QED) is 0.639. The number of carbonyl (C=O) groups excluding carboxylic acids is 1. The summed E-state index contributed by atoms with van der Waals surface area (Å²) >= 11 is 0. The average molecular weight is 158 g/mol. The summed E-state index contributed by atoms with van der Waals surface area (Å²) in [4.78, 5) is 12.7. The van der Waals surface area contributed by atoms with Crippen molar-refractivity contribution in [2.75, 3.05) is 7.05 Å². The van der Waals surface area contributed by atoms with Gasteiger partial charge in [-0.25, -0.2) is 0 Å². The van der Waals surface area contributed by atoms with Crippen LogP contribution < -0.4 is 5.73 Å². The third-order valence-electron chi connectivity index (χ3n) is 2.05. The van der Waals surface area contributed by atoms with Crippen LogP contribution in [0.15, 0.2) is 0 Å². The van der Waals surface area contributed by atoms with Crippen molar-refractivity contribution >= 4 is 5.91 Å². The van der Waals surface area contributed by atoms with Crippen LogP contribution in [0.2, 0.25) is 0 Å². The topological polar surface area (TPSA) is 46.3 Å². The van der Waals surface area contributed by atoms with E-state index in [1.54, 1.807) is 0 Å². The highest BCUT2D eigenvalue weighted by molar-refractivity contribution is 5.79. The fourth-order valence-electron chi connectivity index (χ4n) is 0.772. The highest BCUT2D eigenvalue weighted by atomic mass is 16.1. The molecule has 0 bridgehead atoms. The second kappa shape index (κ2) is 3.22. The highest BCUT2D eigenvalue weighted by Crippen LogP contribution is 2.13. The summed E-state index contributed by atoms with van der Waals surface area (Å²) in [6.45, 7) is 7.96. The van der Waals surface area contributed by atoms with Gasteiger partial charge in [-0.1, -0.05) is 0 Å². The summed E-state index contributed by atoms with van der Waals surface area (Å²) in [5.41, 5.74) is 5.15. The Morgan fingerprint density at radius 3 is 1.91 bits per heavy atom. The van der Waals surface area contributed by atoms with Crippen LogP contribution in [0.4, 0.5) is 0 Å². The molecule has 0 aromatic rings. The number of nitrogens with zero attached hydrogens (tertiary/aromatic N) is 1. The Kier molecular flexibility index (Phi) is 3.05. The van der Waals surface area contributed by atoms with Crippen LogP contribution in [0.5, 0.6) is 0 Å². The van der Waals surface area contributed by atoms with Gasteiger partial charge >= 0.3 is 0 Å². The summed E-state index contributed by atoms with van der Waals surface area (Å²) in [7, 11) is 1.90. The van der Waals surface area contributed by atoms with Crippen molar-refractivity contribution < 1.29 is 4.79 Å². The van der Waals surface area contributed by atoms with Gasteiger partial charge in [-0.05, 0) is 34.7 Å². The predicted octanol–water partition coefficient (Wildman–Crippen LogP) is 0.591. The highest BCUT2D eigenvalue weighted by Gasteiger charge is 2.24. The maximum atomic E-state index is 10.8. The molecule has 0 heterocycles. The van der Waals surface area contributed by atoms with E-state index >= 15 is 0 Å². The van der Waals surface area contributed by atoms with Crippen molar-refractivity contribution in [3.8, 4) is 0 Å². The molecule has 11 heavy (non-hydrogen) atoms. The van der Waals surface area contributed by atoms with E-state index in [0.717, 1.165) is 0 Å². The number of carbonyl (C=O) groups is 1. The molecular formula is C8H18N2O. The molecule has 1 unspecified atom stereocenters. The molecule has 0 aliphatic rings. The van der Waals surface area contributed by atoms with Crippen molar-refractivity contribution in [3.63, 3.8) is 0 Å². The van der Waals surface area contributed by atoms with E-state index in [0.29, 0.717) is 0 Å². The Hall–Kier alpha value is -0.570. The Labute approximate surface area is 68.6 Å². The molecule has 0 radical (unpaired) electrons. The van der Waals surface area contributed by atoms with Gasteiger partial charge in [0.05, 0.1) is 6.04 Å². The molecule has 0 saturated carbocycles. The van der Waals surface area contributed by atoms with Crippen LogP contribution >= 0.6 is 0 Å². The van der Waals surface area contributed by atoms with E-state index in [2.05, 4.69) is 0 Å². The zero-order valence-electron chi connectivity index (χ0n) is 8.01. The third-order valence-corrected chi connectivity index (χ3v) is 2.05. The second-order valence-electron chi connectivity index (χ2n) is 3.86. The monoisotopic (exact) mass is 158 g/mol. The third kappa shape index (κ3) is 2.89. The smallest absolute Gasteiger partial charge is 0.234 e. The maximum Gasteiger partial charge on any atom is 0.234 e. The normalized spacial score (nSPS) is 15.1. The molecule has 1 atom stereocenters. The van der Waals surface area contributed by atoms with E-state index in [1.807, 2.05) is 39.6 Å². The number of amides is 1. The molecule has 3 nitrogen and oxygen atoms in total. The molecule has 0 aliphatic carbocycles. The van der Waals surface area contributed by atoms with Crippen LogP contribution in [-0.4, -0.2) is 29.4 Å². The zero-order valence-corrected chi connectivity index (χ0v) is 8.01. The van der Waals surface area contributed by atoms with Gasteiger partial charge in [0, 0.05) is 5.54 Å². The number of likely N-dealkylation sites (N-methyl/N-ethyl adjacent to an activating group) is 1. The molecular weight excluding hydrogens is 140 g/mol. The molecule has 1 amide bonds. The van der Waals surface area contributed by atoms with Gasteiger partial charge < -0.3 is 5.73 Å². The maximum absolute atomic E-state index is 10.8. The molecule has 0 aromatic carbocycles. The van der Waals surface area contributed by atoms with Crippen LogP contribution in [-0.2, 0) is 4.79 Å². The van der Waals surface area contributed by atoms with E-state index < -0.39 is 0 Å². The fraction of sp³-hybridized carbons (Fsp3) is 0.875. The first-order valence-electron chi connectivity index (χ1n) is 3.79. The van der Waals surface area contributed by atoms with Gasteiger partial charge in [0.2, 0.25) is 5.91 Å². The first-order valence-corrected chi connectivity index (χ1v) is 3.79. The number of rotatable bonds is 2. The minimum absolute atomic E-state index is 0.00551. The summed E-state index contributed by atoms with van der Waals surface area (Å²) < 4.78 is 0. The summed E-state index contributed by atoms with van der Waals surface area (Å²) in [6, 6.07) is -0.199. The first kappa shape index (κ1) is 10.4. The molecule has 0 rings (SSSR count). The Morgan fingerprint density at radius 1 is 1.45 bits per heavy atom. The number of hydrogen-bond acceptors (Lipinski definition) is 2. The lowest BCUT2D eigenvalue weighted by molar-refractivity contribution is -0.123. The molecule has 0 aromatic heterocycles. The Bertz CT molecular complexity index is 149. The number of hydrogen-bond donors (Lipinski definition) is 1. The molecule has 66 valence electrons. The first-order chi connectivity index (χ1) is 4.76. The lowest BCUT2D eigenvalue weighted by Crippen LogP contribution is -2.49. The molecule has 0 saturated heterocycles. The largest absolute Gasteiger partial charge is 0.368 e. The fourth-order valence-corrected chi connectivity index (χ4v) is 0.772. The molecule has 3 heteroatoms. The molecule has 0 aliphatic heterocycles. The molecule has 0 fully saturated rings. The average Bonchev–Trinajstić information content (AvgIpc) is 1.82. The van der Waals surface area contributed by atoms with Crippen LogP contribution in [0.25, 0.3) is 0 Å². The van der Waals surface area contributed by atoms with Crippen molar-refractivity contribution in [3.05, 3.63) is 0 Å². The van der Waals surface area contributed by atoms with E-state index in [-0.39, 0.29) is 17.5 Å².